The van der Waals surface area contributed by atoms with Gasteiger partial charge < -0.3 is 9.84 Å². The number of ether oxygens (including phenoxy) is 1. The van der Waals surface area contributed by atoms with Crippen LogP contribution in [0.4, 0.5) is 0 Å². The van der Waals surface area contributed by atoms with E-state index in [4.69, 9.17) is 9.84 Å². The maximum atomic E-state index is 10.7. The Morgan fingerprint density at radius 1 is 1.50 bits per heavy atom. The van der Waals surface area contributed by atoms with E-state index in [0.29, 0.717) is 12.2 Å². The molecule has 0 aromatic heterocycles. The summed E-state index contributed by atoms with van der Waals surface area (Å²) in [6.45, 7) is 4.34. The highest BCUT2D eigenvalue weighted by Crippen LogP contribution is 2.09. The van der Waals surface area contributed by atoms with Crippen molar-refractivity contribution >= 4 is 5.97 Å². The van der Waals surface area contributed by atoms with Crippen molar-refractivity contribution in [3.63, 3.8) is 0 Å². The molecule has 0 spiro atoms. The van der Waals surface area contributed by atoms with Crippen LogP contribution in [-0.4, -0.2) is 11.1 Å². The Morgan fingerprint density at radius 3 is 2.88 bits per heavy atom. The maximum Gasteiger partial charge on any atom is 0.335 e. The number of rotatable bonds is 5. The number of hydrogen-bond acceptors (Lipinski definition) is 2. The molecule has 86 valence electrons. The van der Waals surface area contributed by atoms with Crippen LogP contribution in [0.25, 0.3) is 0 Å². The highest BCUT2D eigenvalue weighted by Gasteiger charge is 2.03. The molecule has 3 nitrogen and oxygen atoms in total. The molecule has 0 aliphatic heterocycles. The first-order valence-electron chi connectivity index (χ1n) is 5.25. The topological polar surface area (TPSA) is 46.5 Å². The van der Waals surface area contributed by atoms with E-state index in [2.05, 4.69) is 0 Å². The third-order valence-electron chi connectivity index (χ3n) is 2.13. The average molecular weight is 220 g/mol. The quantitative estimate of drug-likeness (QED) is 0.775. The zero-order chi connectivity index (χ0) is 12.0. The fraction of sp³-hybridized carbons (Fsp3) is 0.308. The van der Waals surface area contributed by atoms with E-state index in [1.807, 2.05) is 26.0 Å². The molecule has 0 aliphatic carbocycles. The van der Waals surface area contributed by atoms with Gasteiger partial charge in [0.2, 0.25) is 0 Å². The monoisotopic (exact) mass is 220 g/mol. The molecular weight excluding hydrogens is 204 g/mol. The lowest BCUT2D eigenvalue weighted by molar-refractivity contribution is 0.0696. The van der Waals surface area contributed by atoms with Gasteiger partial charge in [0.25, 0.3) is 0 Å². The molecule has 1 aromatic carbocycles. The highest BCUT2D eigenvalue weighted by atomic mass is 16.5. The van der Waals surface area contributed by atoms with Crippen molar-refractivity contribution in [1.82, 2.24) is 0 Å². The molecule has 16 heavy (non-hydrogen) atoms. The molecule has 0 saturated heterocycles. The number of carboxylic acids is 1. The van der Waals surface area contributed by atoms with Crippen molar-refractivity contribution < 1.29 is 14.6 Å². The van der Waals surface area contributed by atoms with Gasteiger partial charge in [-0.3, -0.25) is 0 Å². The van der Waals surface area contributed by atoms with Crippen molar-refractivity contribution in [2.75, 3.05) is 0 Å². The van der Waals surface area contributed by atoms with Crippen LogP contribution in [-0.2, 0) is 11.3 Å². The van der Waals surface area contributed by atoms with Crippen molar-refractivity contribution in [3.8, 4) is 0 Å². The first-order chi connectivity index (χ1) is 7.63. The lowest BCUT2D eigenvalue weighted by Crippen LogP contribution is -1.98. The van der Waals surface area contributed by atoms with E-state index in [0.717, 1.165) is 17.7 Å². The fourth-order valence-electron chi connectivity index (χ4n) is 1.34. The molecule has 0 unspecified atom stereocenters. The van der Waals surface area contributed by atoms with E-state index >= 15 is 0 Å². The molecule has 0 atom stereocenters. The van der Waals surface area contributed by atoms with Gasteiger partial charge in [-0.05, 0) is 37.1 Å². The minimum Gasteiger partial charge on any atom is -0.494 e. The minimum atomic E-state index is -0.914. The van der Waals surface area contributed by atoms with Crippen LogP contribution < -0.4 is 0 Å². The predicted molar refractivity (Wildman–Crippen MR) is 62.2 cm³/mol. The summed E-state index contributed by atoms with van der Waals surface area (Å²) in [5.74, 6) is -0.0501. The summed E-state index contributed by atoms with van der Waals surface area (Å²) >= 11 is 0. The van der Waals surface area contributed by atoms with Gasteiger partial charge in [-0.15, -0.1) is 0 Å². The van der Waals surface area contributed by atoms with Crippen LogP contribution in [0.1, 0.15) is 36.2 Å². The second-order valence-corrected chi connectivity index (χ2v) is 3.52. The van der Waals surface area contributed by atoms with Crippen LogP contribution >= 0.6 is 0 Å². The fourth-order valence-corrected chi connectivity index (χ4v) is 1.34. The van der Waals surface area contributed by atoms with Crippen LogP contribution in [0.3, 0.4) is 0 Å². The minimum absolute atomic E-state index is 0.290. The average Bonchev–Trinajstić information content (AvgIpc) is 2.27. The van der Waals surface area contributed by atoms with E-state index < -0.39 is 5.97 Å². The molecule has 1 rings (SSSR count). The first-order valence-corrected chi connectivity index (χ1v) is 5.25. The summed E-state index contributed by atoms with van der Waals surface area (Å²) < 4.78 is 5.47. The van der Waals surface area contributed by atoms with Gasteiger partial charge in [0.15, 0.2) is 0 Å². The molecule has 1 N–H and O–H groups in total. The normalized spacial score (nSPS) is 11.2. The van der Waals surface area contributed by atoms with Crippen molar-refractivity contribution in [2.45, 2.75) is 26.9 Å². The second kappa shape index (κ2) is 5.95. The molecule has 0 heterocycles. The number of carbonyl (C=O) groups is 1. The number of hydrogen-bond donors (Lipinski definition) is 1. The summed E-state index contributed by atoms with van der Waals surface area (Å²) in [6.07, 6.45) is 2.92. The van der Waals surface area contributed by atoms with Gasteiger partial charge in [-0.2, -0.15) is 0 Å². The van der Waals surface area contributed by atoms with Gasteiger partial charge in [-0.1, -0.05) is 19.1 Å². The van der Waals surface area contributed by atoms with Gasteiger partial charge in [0.05, 0.1) is 11.3 Å². The number of benzene rings is 1. The Morgan fingerprint density at radius 2 is 2.25 bits per heavy atom. The third-order valence-corrected chi connectivity index (χ3v) is 2.13. The smallest absolute Gasteiger partial charge is 0.335 e. The molecular formula is C13H16O3. The number of allylic oxidation sites excluding steroid dienone is 2. The Hall–Kier alpha value is -1.77. The molecule has 0 aliphatic rings. The molecule has 0 fully saturated rings. The summed E-state index contributed by atoms with van der Waals surface area (Å²) in [5, 5.41) is 8.82. The summed E-state index contributed by atoms with van der Waals surface area (Å²) in [6, 6.07) is 6.77. The van der Waals surface area contributed by atoms with E-state index in [1.165, 1.54) is 0 Å². The number of aromatic carboxylic acids is 1. The third kappa shape index (κ3) is 3.77. The van der Waals surface area contributed by atoms with E-state index in [9.17, 15) is 4.79 Å². The second-order valence-electron chi connectivity index (χ2n) is 3.52. The SMILES string of the molecule is CC/C=C(/C)OCc1cccc(C(=O)O)c1. The van der Waals surface area contributed by atoms with Gasteiger partial charge in [0, 0.05) is 0 Å². The predicted octanol–water partition coefficient (Wildman–Crippen LogP) is 3.22. The zero-order valence-corrected chi connectivity index (χ0v) is 9.56. The summed E-state index contributed by atoms with van der Waals surface area (Å²) in [4.78, 5) is 10.7. The first kappa shape index (κ1) is 12.3. The van der Waals surface area contributed by atoms with Crippen LogP contribution in [0, 0.1) is 0 Å². The van der Waals surface area contributed by atoms with E-state index in [1.54, 1.807) is 18.2 Å². The van der Waals surface area contributed by atoms with E-state index in [-0.39, 0.29) is 0 Å². The molecule has 0 saturated carbocycles. The lowest BCUT2D eigenvalue weighted by atomic mass is 10.1. The number of carboxylic acid groups (broad SMARTS) is 1. The van der Waals surface area contributed by atoms with Crippen molar-refractivity contribution in [3.05, 3.63) is 47.2 Å². The van der Waals surface area contributed by atoms with Crippen molar-refractivity contribution in [1.29, 1.82) is 0 Å². The van der Waals surface area contributed by atoms with Crippen LogP contribution in [0.5, 0.6) is 0 Å². The summed E-state index contributed by atoms with van der Waals surface area (Å²) in [7, 11) is 0. The molecule has 3 heteroatoms. The Kier molecular flexibility index (Phi) is 4.58. The standard InChI is InChI=1S/C13H16O3/c1-3-5-10(2)16-9-11-6-4-7-12(8-11)13(14)15/h4-8H,3,9H2,1-2H3,(H,14,15)/b10-5-. The van der Waals surface area contributed by atoms with Crippen LogP contribution in [0.2, 0.25) is 0 Å². The maximum absolute atomic E-state index is 10.7. The van der Waals surface area contributed by atoms with Crippen molar-refractivity contribution in [2.24, 2.45) is 0 Å². The molecule has 0 amide bonds. The summed E-state index contributed by atoms with van der Waals surface area (Å²) in [5.41, 5.74) is 1.15. The molecule has 1 aromatic rings. The Bertz CT molecular complexity index is 394. The van der Waals surface area contributed by atoms with Gasteiger partial charge in [0.1, 0.15) is 6.61 Å². The highest BCUT2D eigenvalue weighted by molar-refractivity contribution is 5.87. The lowest BCUT2D eigenvalue weighted by Gasteiger charge is -2.06. The van der Waals surface area contributed by atoms with Gasteiger partial charge >= 0.3 is 5.97 Å². The molecule has 0 bridgehead atoms. The van der Waals surface area contributed by atoms with Crippen LogP contribution in [0.15, 0.2) is 36.1 Å². The Balaban J connectivity index is 2.64. The Labute approximate surface area is 95.4 Å². The zero-order valence-electron chi connectivity index (χ0n) is 9.56. The molecule has 0 radical (unpaired) electrons. The van der Waals surface area contributed by atoms with Gasteiger partial charge in [-0.25, -0.2) is 4.79 Å². The largest absolute Gasteiger partial charge is 0.494 e.